The fourth-order valence-electron chi connectivity index (χ4n) is 2.91. The van der Waals surface area contributed by atoms with E-state index in [4.69, 9.17) is 0 Å². The third kappa shape index (κ3) is 2.21. The van der Waals surface area contributed by atoms with Gasteiger partial charge >= 0.3 is 0 Å². The smallest absolute Gasteiger partial charge is 0.261 e. The summed E-state index contributed by atoms with van der Waals surface area (Å²) in [5.41, 5.74) is 3.59. The number of carbonyl (C=O) groups excluding carboxylic acids is 1. The number of aryl methyl sites for hydroxylation is 2. The van der Waals surface area contributed by atoms with Crippen LogP contribution in [0.25, 0.3) is 16.7 Å². The van der Waals surface area contributed by atoms with Crippen molar-refractivity contribution in [3.63, 3.8) is 0 Å². The van der Waals surface area contributed by atoms with Gasteiger partial charge in [-0.2, -0.15) is 5.10 Å². The molecule has 0 fully saturated rings. The van der Waals surface area contributed by atoms with Crippen LogP contribution >= 0.6 is 0 Å². The van der Waals surface area contributed by atoms with Gasteiger partial charge in [0.05, 0.1) is 17.2 Å². The summed E-state index contributed by atoms with van der Waals surface area (Å²) in [5, 5.41) is 7.03. The maximum Gasteiger partial charge on any atom is 0.261 e. The highest BCUT2D eigenvalue weighted by molar-refractivity contribution is 6.08. The van der Waals surface area contributed by atoms with E-state index in [2.05, 4.69) is 31.9 Å². The number of imidazole rings is 1. The van der Waals surface area contributed by atoms with Gasteiger partial charge in [0, 0.05) is 24.6 Å². The zero-order chi connectivity index (χ0) is 16.7. The molecule has 1 amide bonds. The largest absolute Gasteiger partial charge is 0.329 e. The van der Waals surface area contributed by atoms with E-state index in [1.807, 2.05) is 25.1 Å². The second-order valence-corrected chi connectivity index (χ2v) is 5.51. The van der Waals surface area contributed by atoms with Crippen LogP contribution in [0.15, 0.2) is 42.9 Å². The average Bonchev–Trinajstić information content (AvgIpc) is 3.14. The summed E-state index contributed by atoms with van der Waals surface area (Å²) in [6, 6.07) is 7.50. The molecule has 0 bridgehead atoms. The van der Waals surface area contributed by atoms with Crippen molar-refractivity contribution in [2.75, 3.05) is 5.32 Å². The molecule has 0 saturated carbocycles. The third-order valence-corrected chi connectivity index (χ3v) is 4.04. The molecule has 0 spiro atoms. The quantitative estimate of drug-likeness (QED) is 0.629. The lowest BCUT2D eigenvalue weighted by Crippen LogP contribution is -2.12. The van der Waals surface area contributed by atoms with Crippen molar-refractivity contribution in [3.05, 3.63) is 54.2 Å². The predicted molar refractivity (Wildman–Crippen MR) is 91.1 cm³/mol. The number of anilines is 1. The van der Waals surface area contributed by atoms with Crippen LogP contribution in [0.5, 0.6) is 0 Å². The van der Waals surface area contributed by atoms with Gasteiger partial charge in [-0.1, -0.05) is 0 Å². The monoisotopic (exact) mass is 320 g/mol. The Bertz CT molecular complexity index is 1060. The van der Waals surface area contributed by atoms with E-state index in [0.717, 1.165) is 23.4 Å². The number of amides is 1. The minimum absolute atomic E-state index is 0.241. The van der Waals surface area contributed by atoms with Gasteiger partial charge in [0.15, 0.2) is 5.65 Å². The Morgan fingerprint density at radius 1 is 1.33 bits per heavy atom. The molecule has 7 heteroatoms. The molecule has 4 aromatic rings. The minimum Gasteiger partial charge on any atom is -0.329 e. The lowest BCUT2D eigenvalue weighted by Gasteiger charge is -2.05. The van der Waals surface area contributed by atoms with Crippen LogP contribution in [0.1, 0.15) is 23.1 Å². The molecule has 0 saturated heterocycles. The van der Waals surface area contributed by atoms with Crippen molar-refractivity contribution in [2.24, 2.45) is 0 Å². The van der Waals surface area contributed by atoms with Crippen LogP contribution in [0.4, 0.5) is 5.69 Å². The molecular weight excluding hydrogens is 304 g/mol. The molecule has 0 unspecified atom stereocenters. The summed E-state index contributed by atoms with van der Waals surface area (Å²) in [7, 11) is 0. The molecule has 0 aliphatic rings. The number of nitrogens with zero attached hydrogens (tertiary/aromatic N) is 5. The number of nitrogens with one attached hydrogen (secondary N) is 1. The van der Waals surface area contributed by atoms with Crippen molar-refractivity contribution in [1.29, 1.82) is 0 Å². The molecule has 0 aliphatic carbocycles. The lowest BCUT2D eigenvalue weighted by molar-refractivity contribution is 0.102. The highest BCUT2D eigenvalue weighted by Crippen LogP contribution is 2.21. The van der Waals surface area contributed by atoms with Crippen LogP contribution in [-0.2, 0) is 6.54 Å². The number of aromatic nitrogens is 5. The maximum atomic E-state index is 12.5. The number of hydrogen-bond donors (Lipinski definition) is 1. The Balaban J connectivity index is 1.67. The lowest BCUT2D eigenvalue weighted by atomic mass is 10.2. The van der Waals surface area contributed by atoms with Gasteiger partial charge in [-0.05, 0) is 38.1 Å². The Morgan fingerprint density at radius 2 is 2.21 bits per heavy atom. The van der Waals surface area contributed by atoms with E-state index in [1.54, 1.807) is 23.0 Å². The van der Waals surface area contributed by atoms with E-state index in [-0.39, 0.29) is 5.91 Å². The second kappa shape index (κ2) is 5.45. The van der Waals surface area contributed by atoms with Crippen molar-refractivity contribution in [1.82, 2.24) is 24.1 Å². The summed E-state index contributed by atoms with van der Waals surface area (Å²) in [4.78, 5) is 21.3. The first-order valence-electron chi connectivity index (χ1n) is 7.74. The average molecular weight is 320 g/mol. The second-order valence-electron chi connectivity index (χ2n) is 5.51. The molecule has 1 aromatic carbocycles. The van der Waals surface area contributed by atoms with Gasteiger partial charge < -0.3 is 9.88 Å². The first-order chi connectivity index (χ1) is 11.7. The van der Waals surface area contributed by atoms with E-state index in [0.29, 0.717) is 16.9 Å². The predicted octanol–water partition coefficient (Wildman–Crippen LogP) is 2.66. The molecule has 0 radical (unpaired) electrons. The Labute approximate surface area is 138 Å². The number of hydrogen-bond acceptors (Lipinski definition) is 4. The SMILES string of the molecule is CCn1c(C)nc2cc(NC(=O)c3cnn4cccnc34)ccc21. The fourth-order valence-corrected chi connectivity index (χ4v) is 2.91. The van der Waals surface area contributed by atoms with E-state index in [1.165, 1.54) is 6.20 Å². The van der Waals surface area contributed by atoms with Gasteiger partial charge in [-0.25, -0.2) is 14.5 Å². The topological polar surface area (TPSA) is 77.1 Å². The molecule has 0 atom stereocenters. The maximum absolute atomic E-state index is 12.5. The molecule has 4 rings (SSSR count). The van der Waals surface area contributed by atoms with Crippen LogP contribution in [-0.4, -0.2) is 30.1 Å². The van der Waals surface area contributed by atoms with Gasteiger partial charge in [0.25, 0.3) is 5.91 Å². The molecule has 7 nitrogen and oxygen atoms in total. The van der Waals surface area contributed by atoms with Gasteiger partial charge in [-0.3, -0.25) is 4.79 Å². The van der Waals surface area contributed by atoms with Gasteiger partial charge in [0.1, 0.15) is 11.4 Å². The van der Waals surface area contributed by atoms with Crippen LogP contribution in [0.3, 0.4) is 0 Å². The third-order valence-electron chi connectivity index (χ3n) is 4.04. The normalized spacial score (nSPS) is 11.2. The number of rotatable bonds is 3. The van der Waals surface area contributed by atoms with E-state index >= 15 is 0 Å². The highest BCUT2D eigenvalue weighted by atomic mass is 16.1. The van der Waals surface area contributed by atoms with Gasteiger partial charge in [-0.15, -0.1) is 0 Å². The minimum atomic E-state index is -0.241. The summed E-state index contributed by atoms with van der Waals surface area (Å²) >= 11 is 0. The first kappa shape index (κ1) is 14.4. The fraction of sp³-hybridized carbons (Fsp3) is 0.176. The number of benzene rings is 1. The Hall–Kier alpha value is -3.22. The zero-order valence-corrected chi connectivity index (χ0v) is 13.4. The number of fused-ring (bicyclic) bond motifs is 2. The Kier molecular flexibility index (Phi) is 3.26. The summed E-state index contributed by atoms with van der Waals surface area (Å²) in [6.45, 7) is 4.93. The summed E-state index contributed by atoms with van der Waals surface area (Å²) in [6.07, 6.45) is 4.91. The van der Waals surface area contributed by atoms with E-state index < -0.39 is 0 Å². The molecule has 0 aliphatic heterocycles. The Morgan fingerprint density at radius 3 is 3.04 bits per heavy atom. The molecule has 3 heterocycles. The standard InChI is InChI=1S/C17H16N6O/c1-3-22-11(2)20-14-9-12(5-6-15(14)22)21-17(24)13-10-19-23-8-4-7-18-16(13)23/h4-10H,3H2,1-2H3,(H,21,24). The van der Waals surface area contributed by atoms with Crippen molar-refractivity contribution < 1.29 is 4.79 Å². The zero-order valence-electron chi connectivity index (χ0n) is 13.4. The summed E-state index contributed by atoms with van der Waals surface area (Å²) < 4.78 is 3.71. The molecule has 24 heavy (non-hydrogen) atoms. The molecular formula is C17H16N6O. The molecule has 120 valence electrons. The van der Waals surface area contributed by atoms with Gasteiger partial charge in [0.2, 0.25) is 0 Å². The van der Waals surface area contributed by atoms with Crippen LogP contribution < -0.4 is 5.32 Å². The van der Waals surface area contributed by atoms with Crippen molar-refractivity contribution in [3.8, 4) is 0 Å². The van der Waals surface area contributed by atoms with Crippen molar-refractivity contribution in [2.45, 2.75) is 20.4 Å². The van der Waals surface area contributed by atoms with E-state index in [9.17, 15) is 4.79 Å². The first-order valence-corrected chi connectivity index (χ1v) is 7.74. The summed E-state index contributed by atoms with van der Waals surface area (Å²) in [5.74, 6) is 0.720. The van der Waals surface area contributed by atoms with Crippen LogP contribution in [0.2, 0.25) is 0 Å². The number of carbonyl (C=O) groups is 1. The molecule has 1 N–H and O–H groups in total. The van der Waals surface area contributed by atoms with Crippen molar-refractivity contribution >= 4 is 28.3 Å². The highest BCUT2D eigenvalue weighted by Gasteiger charge is 2.14. The van der Waals surface area contributed by atoms with Crippen LogP contribution in [0, 0.1) is 6.92 Å². The molecule has 3 aromatic heterocycles.